The van der Waals surface area contributed by atoms with Gasteiger partial charge in [0.15, 0.2) is 0 Å². The third-order valence-electron chi connectivity index (χ3n) is 18.9. The first-order chi connectivity index (χ1) is 46.0. The topological polar surface area (TPSA) is 19.6 Å². The van der Waals surface area contributed by atoms with E-state index in [9.17, 15) is 0 Å². The summed E-state index contributed by atoms with van der Waals surface area (Å²) in [5.74, 6) is 0. The van der Waals surface area contributed by atoms with Gasteiger partial charge in [-0.25, -0.2) is 0 Å². The summed E-state index contributed by atoms with van der Waals surface area (Å²) in [6.07, 6.45) is 0. The zero-order chi connectivity index (χ0) is 61.3. The van der Waals surface area contributed by atoms with E-state index in [1.807, 2.05) is 0 Å². The molecule has 93 heavy (non-hydrogen) atoms. The fraction of sp³-hybridized carbons (Fsp3) is 0. The van der Waals surface area contributed by atoms with Crippen LogP contribution in [0.5, 0.6) is 0 Å². The molecule has 0 atom stereocenters. The van der Waals surface area contributed by atoms with E-state index in [1.54, 1.807) is 0 Å². The van der Waals surface area contributed by atoms with E-state index >= 15 is 0 Å². The molecule has 0 saturated heterocycles. The van der Waals surface area contributed by atoms with E-state index < -0.39 is 0 Å². The molecule has 0 fully saturated rings. The van der Waals surface area contributed by atoms with Crippen LogP contribution in [0.3, 0.4) is 0 Å². The number of benzene rings is 17. The Morgan fingerprint density at radius 2 is 0.495 bits per heavy atom. The number of nitrogens with zero attached hydrogens (tertiary/aromatic N) is 2. The lowest BCUT2D eigenvalue weighted by atomic mass is 9.93. The summed E-state index contributed by atoms with van der Waals surface area (Å²) >= 11 is 0. The van der Waals surface area contributed by atoms with Crippen molar-refractivity contribution >= 4 is 121 Å². The molecule has 1 aromatic heterocycles. The molecule has 0 bridgehead atoms. The van der Waals surface area contributed by atoms with Gasteiger partial charge in [-0.1, -0.05) is 255 Å². The van der Waals surface area contributed by atoms with Gasteiger partial charge in [0.05, 0.1) is 0 Å². The minimum Gasteiger partial charge on any atom is -0.455 e. The van der Waals surface area contributed by atoms with Crippen LogP contribution in [0.25, 0.3) is 142 Å². The minimum absolute atomic E-state index is 0.835. The Balaban J connectivity index is 0.922. The normalized spacial score (nSPS) is 11.7. The van der Waals surface area contributed by atoms with Gasteiger partial charge in [0.2, 0.25) is 0 Å². The molecule has 0 saturated carbocycles. The van der Waals surface area contributed by atoms with Gasteiger partial charge in [-0.15, -0.1) is 0 Å². The highest BCUT2D eigenvalue weighted by molar-refractivity contribution is 6.32. The van der Waals surface area contributed by atoms with Crippen LogP contribution >= 0.6 is 0 Å². The first-order valence-electron chi connectivity index (χ1n) is 31.9. The molecular formula is C90H58N2O. The Hall–Kier alpha value is -12.3. The zero-order valence-electron chi connectivity index (χ0n) is 50.8. The third-order valence-corrected chi connectivity index (χ3v) is 18.9. The van der Waals surface area contributed by atoms with Crippen molar-refractivity contribution in [3.05, 3.63) is 352 Å². The minimum atomic E-state index is 0.835. The summed E-state index contributed by atoms with van der Waals surface area (Å²) in [5.41, 5.74) is 19.0. The summed E-state index contributed by atoms with van der Waals surface area (Å²) < 4.78 is 7.18. The molecule has 3 nitrogen and oxygen atoms in total. The van der Waals surface area contributed by atoms with Crippen LogP contribution in [-0.2, 0) is 0 Å². The van der Waals surface area contributed by atoms with Crippen molar-refractivity contribution in [1.29, 1.82) is 0 Å². The van der Waals surface area contributed by atoms with Gasteiger partial charge in [-0.05, 0) is 212 Å². The van der Waals surface area contributed by atoms with Gasteiger partial charge in [-0.3, -0.25) is 0 Å². The molecule has 18 aromatic rings. The molecular weight excluding hydrogens is 1130 g/mol. The lowest BCUT2D eigenvalue weighted by molar-refractivity contribution is 0.673. The predicted molar refractivity (Wildman–Crippen MR) is 395 cm³/mol. The molecule has 0 radical (unpaired) electrons. The van der Waals surface area contributed by atoms with Gasteiger partial charge >= 0.3 is 0 Å². The highest BCUT2D eigenvalue weighted by Crippen LogP contribution is 2.50. The molecule has 0 aliphatic carbocycles. The maximum Gasteiger partial charge on any atom is 0.143 e. The van der Waals surface area contributed by atoms with Crippen LogP contribution in [-0.4, -0.2) is 0 Å². The number of anilines is 6. The second-order valence-electron chi connectivity index (χ2n) is 24.4. The lowest BCUT2D eigenvalue weighted by Crippen LogP contribution is -2.14. The zero-order valence-corrected chi connectivity index (χ0v) is 50.8. The van der Waals surface area contributed by atoms with Crippen LogP contribution in [0.2, 0.25) is 0 Å². The van der Waals surface area contributed by atoms with Crippen molar-refractivity contribution in [1.82, 2.24) is 0 Å². The molecule has 0 unspecified atom stereocenters. The second-order valence-corrected chi connectivity index (χ2v) is 24.4. The van der Waals surface area contributed by atoms with E-state index in [0.717, 1.165) is 122 Å². The molecule has 0 aliphatic rings. The van der Waals surface area contributed by atoms with Crippen LogP contribution < -0.4 is 9.80 Å². The lowest BCUT2D eigenvalue weighted by Gasteiger charge is -2.31. The Labute approximate surface area is 539 Å². The molecule has 1 heterocycles. The number of hydrogen-bond acceptors (Lipinski definition) is 3. The second kappa shape index (κ2) is 22.3. The Morgan fingerprint density at radius 3 is 0.892 bits per heavy atom. The van der Waals surface area contributed by atoms with Gasteiger partial charge < -0.3 is 14.2 Å². The molecule has 0 N–H and O–H groups in total. The quantitative estimate of drug-likeness (QED) is 0.120. The maximum absolute atomic E-state index is 7.18. The summed E-state index contributed by atoms with van der Waals surface area (Å²) in [5, 5.41) is 16.5. The summed E-state index contributed by atoms with van der Waals surface area (Å²) in [4.78, 5) is 4.93. The van der Waals surface area contributed by atoms with Gasteiger partial charge in [0, 0.05) is 50.3 Å². The van der Waals surface area contributed by atoms with Crippen molar-refractivity contribution in [2.75, 3.05) is 9.80 Å². The van der Waals surface area contributed by atoms with Crippen molar-refractivity contribution in [3.63, 3.8) is 0 Å². The highest BCUT2D eigenvalue weighted by atomic mass is 16.3. The molecule has 0 aliphatic heterocycles. The first kappa shape index (κ1) is 53.7. The van der Waals surface area contributed by atoms with E-state index in [4.69, 9.17) is 4.42 Å². The first-order valence-corrected chi connectivity index (χ1v) is 31.9. The van der Waals surface area contributed by atoms with E-state index in [1.165, 1.54) is 53.9 Å². The Bertz CT molecular complexity index is 5480. The molecule has 18 rings (SSSR count). The van der Waals surface area contributed by atoms with Gasteiger partial charge in [-0.2, -0.15) is 0 Å². The molecule has 434 valence electrons. The van der Waals surface area contributed by atoms with Crippen molar-refractivity contribution < 1.29 is 4.42 Å². The largest absolute Gasteiger partial charge is 0.455 e. The van der Waals surface area contributed by atoms with Gasteiger partial charge in [0.1, 0.15) is 11.2 Å². The monoisotopic (exact) mass is 1180 g/mol. The summed E-state index contributed by atoms with van der Waals surface area (Å²) in [6, 6.07) is 129. The number of fused-ring (bicyclic) bond motifs is 12. The fourth-order valence-corrected chi connectivity index (χ4v) is 14.4. The van der Waals surface area contributed by atoms with E-state index in [-0.39, 0.29) is 0 Å². The van der Waals surface area contributed by atoms with Crippen molar-refractivity contribution in [2.24, 2.45) is 0 Å². The number of rotatable bonds is 11. The SMILES string of the molecule is c1cc(-c2ccc3ccccc3c2)cc(N(c2cccc(-c3ccc4ccccc4c3)c2)c2cc(-c3cccc4oc5c6ccccc6c6ccccc6c5c34)cc(N(c3cccc(-c4ccc5ccccc5c4)c3)c3cccc(-c4ccc5ccccc5c4)c3)c2)c1. The van der Waals surface area contributed by atoms with E-state index in [2.05, 4.69) is 362 Å². The van der Waals surface area contributed by atoms with Gasteiger partial charge in [0.25, 0.3) is 0 Å². The average molecular weight is 1180 g/mol. The number of furan rings is 1. The van der Waals surface area contributed by atoms with E-state index in [0.29, 0.717) is 0 Å². The fourth-order valence-electron chi connectivity index (χ4n) is 14.4. The molecule has 3 heteroatoms. The Morgan fingerprint density at radius 1 is 0.183 bits per heavy atom. The van der Waals surface area contributed by atoms with Crippen molar-refractivity contribution in [3.8, 4) is 55.6 Å². The maximum atomic E-state index is 7.18. The summed E-state index contributed by atoms with van der Waals surface area (Å²) in [7, 11) is 0. The molecule has 0 spiro atoms. The molecule has 0 amide bonds. The van der Waals surface area contributed by atoms with Crippen LogP contribution in [0.4, 0.5) is 34.1 Å². The smallest absolute Gasteiger partial charge is 0.143 e. The van der Waals surface area contributed by atoms with Crippen LogP contribution in [0, 0.1) is 0 Å². The summed E-state index contributed by atoms with van der Waals surface area (Å²) in [6.45, 7) is 0. The predicted octanol–water partition coefficient (Wildman–Crippen LogP) is 25.8. The van der Waals surface area contributed by atoms with Crippen LogP contribution in [0.15, 0.2) is 356 Å². The number of hydrogen-bond donors (Lipinski definition) is 0. The standard InChI is InChI=1S/C90H58N2O/c1-5-22-63-48-71(44-40-59(63)18-1)67-26-13-30-76(52-67)91(77-31-14-27-68(53-77)72-45-41-60-19-2-6-23-64(60)49-72)80-56-75(82-38-17-39-87-88(82)89-85-36-11-9-34-83(85)84-35-10-12-37-86(84)90(89)93-87)57-81(58-80)92(78-32-15-28-69(54-78)73-46-42-61-20-3-7-24-65(61)50-73)79-33-16-29-70(55-79)74-47-43-62-21-4-8-25-66(62)51-74/h1-58H. The highest BCUT2D eigenvalue weighted by Gasteiger charge is 2.25. The third kappa shape index (κ3) is 9.62. The molecule has 17 aromatic carbocycles. The average Bonchev–Trinajstić information content (AvgIpc) is 1.61. The van der Waals surface area contributed by atoms with Crippen molar-refractivity contribution in [2.45, 2.75) is 0 Å². The van der Waals surface area contributed by atoms with Crippen LogP contribution in [0.1, 0.15) is 0 Å². The Kier molecular flexibility index (Phi) is 12.9.